The van der Waals surface area contributed by atoms with Gasteiger partial charge in [0, 0.05) is 13.2 Å². The molecule has 0 aromatic carbocycles. The molecule has 96 valence electrons. The standard InChI is InChI=1S/2C5H10O3.Ca/c2*1-2-3-4-8-5(6)7;/h2*2-4H2,1H3,(H,6,7);/q;;+2/p-2. The van der Waals surface area contributed by atoms with E-state index in [1.807, 2.05) is 13.8 Å². The van der Waals surface area contributed by atoms with Gasteiger partial charge in [-0.3, -0.25) is 0 Å². The number of carboxylic acid groups (broad SMARTS) is 2. The molecular weight excluding hydrogens is 256 g/mol. The third kappa shape index (κ3) is 31.3. The maximum Gasteiger partial charge on any atom is 2.00 e. The second kappa shape index (κ2) is 18.2. The van der Waals surface area contributed by atoms with Crippen LogP contribution in [-0.2, 0) is 9.47 Å². The van der Waals surface area contributed by atoms with E-state index in [4.69, 9.17) is 0 Å². The van der Waals surface area contributed by atoms with Crippen LogP contribution in [0.15, 0.2) is 0 Å². The van der Waals surface area contributed by atoms with Crippen LogP contribution in [0.2, 0.25) is 0 Å². The first kappa shape index (κ1) is 22.0. The molecule has 0 radical (unpaired) electrons. The Hall–Kier alpha value is -0.200. The first-order valence-electron chi connectivity index (χ1n) is 5.22. The molecule has 0 atom stereocenters. The van der Waals surface area contributed by atoms with E-state index < -0.39 is 12.3 Å². The van der Waals surface area contributed by atoms with E-state index in [2.05, 4.69) is 9.47 Å². The Morgan fingerprint density at radius 2 is 1.18 bits per heavy atom. The Kier molecular flexibility index (Phi) is 23.5. The molecule has 0 saturated carbocycles. The third-order valence-electron chi connectivity index (χ3n) is 1.44. The Labute approximate surface area is 131 Å². The van der Waals surface area contributed by atoms with Crippen molar-refractivity contribution < 1.29 is 29.3 Å². The zero-order valence-corrected chi connectivity index (χ0v) is 12.6. The van der Waals surface area contributed by atoms with Gasteiger partial charge in [0.1, 0.15) is 0 Å². The van der Waals surface area contributed by atoms with Gasteiger partial charge in [-0.25, -0.2) is 0 Å². The average Bonchev–Trinajstić information content (AvgIpc) is 2.18. The van der Waals surface area contributed by atoms with Crippen LogP contribution in [0.1, 0.15) is 39.5 Å². The quantitative estimate of drug-likeness (QED) is 0.381. The predicted molar refractivity (Wildman–Crippen MR) is 58.3 cm³/mol. The van der Waals surface area contributed by atoms with Crippen molar-refractivity contribution in [3.8, 4) is 0 Å². The molecule has 0 bridgehead atoms. The van der Waals surface area contributed by atoms with Gasteiger partial charge in [0.2, 0.25) is 0 Å². The molecule has 0 aliphatic heterocycles. The van der Waals surface area contributed by atoms with Gasteiger partial charge in [-0.15, -0.1) is 0 Å². The molecule has 0 unspecified atom stereocenters. The van der Waals surface area contributed by atoms with Gasteiger partial charge < -0.3 is 29.3 Å². The Morgan fingerprint density at radius 3 is 1.35 bits per heavy atom. The number of unbranched alkanes of at least 4 members (excludes halogenated alkanes) is 2. The molecule has 0 amide bonds. The minimum absolute atomic E-state index is 0. The minimum atomic E-state index is -1.43. The first-order valence-corrected chi connectivity index (χ1v) is 5.22. The van der Waals surface area contributed by atoms with Crippen molar-refractivity contribution in [1.29, 1.82) is 0 Å². The summed E-state index contributed by atoms with van der Waals surface area (Å²) >= 11 is 0. The molecule has 6 nitrogen and oxygen atoms in total. The molecule has 0 fully saturated rings. The molecule has 0 N–H and O–H groups in total. The molecule has 0 rings (SSSR count). The predicted octanol–water partition coefficient (Wildman–Crippen LogP) is -0.0880. The summed E-state index contributed by atoms with van der Waals surface area (Å²) in [6.07, 6.45) is 0.555. The van der Waals surface area contributed by atoms with Crippen LogP contribution in [0.3, 0.4) is 0 Å². The number of hydrogen-bond acceptors (Lipinski definition) is 6. The van der Waals surface area contributed by atoms with Crippen LogP contribution >= 0.6 is 0 Å². The van der Waals surface area contributed by atoms with Crippen molar-refractivity contribution >= 4 is 50.0 Å². The van der Waals surface area contributed by atoms with Crippen molar-refractivity contribution in [3.63, 3.8) is 0 Å². The van der Waals surface area contributed by atoms with Crippen LogP contribution in [0.5, 0.6) is 0 Å². The number of rotatable bonds is 6. The van der Waals surface area contributed by atoms with E-state index in [0.29, 0.717) is 0 Å². The molecule has 0 heterocycles. The Balaban J connectivity index is -0.000000218. The van der Waals surface area contributed by atoms with Crippen molar-refractivity contribution in [2.24, 2.45) is 0 Å². The summed E-state index contributed by atoms with van der Waals surface area (Å²) in [6.45, 7) is 4.44. The van der Waals surface area contributed by atoms with Crippen LogP contribution < -0.4 is 10.2 Å². The summed E-state index contributed by atoms with van der Waals surface area (Å²) in [5, 5.41) is 19.1. The SMILES string of the molecule is CCCCOC(=O)[O-].CCCCOC(=O)[O-].[Ca+2]. The Morgan fingerprint density at radius 1 is 0.882 bits per heavy atom. The van der Waals surface area contributed by atoms with Crippen LogP contribution in [0.4, 0.5) is 9.59 Å². The fourth-order valence-corrected chi connectivity index (χ4v) is 0.600. The smallest absolute Gasteiger partial charge is 0.550 e. The van der Waals surface area contributed by atoms with Crippen molar-refractivity contribution in [1.82, 2.24) is 0 Å². The monoisotopic (exact) mass is 274 g/mol. The largest absolute Gasteiger partial charge is 2.00 e. The van der Waals surface area contributed by atoms with Gasteiger partial charge in [0.25, 0.3) is 12.3 Å². The maximum atomic E-state index is 9.54. The summed E-state index contributed by atoms with van der Waals surface area (Å²) in [6, 6.07) is 0. The topological polar surface area (TPSA) is 98.7 Å². The molecule has 0 aromatic rings. The van der Waals surface area contributed by atoms with E-state index in [0.717, 1.165) is 25.7 Å². The van der Waals surface area contributed by atoms with E-state index >= 15 is 0 Å². The van der Waals surface area contributed by atoms with E-state index in [1.54, 1.807) is 0 Å². The number of hydrogen-bond donors (Lipinski definition) is 0. The first-order chi connectivity index (χ1) is 7.54. The molecule has 0 spiro atoms. The second-order valence-corrected chi connectivity index (χ2v) is 2.90. The molecule has 0 aliphatic rings. The average molecular weight is 274 g/mol. The normalized spacial score (nSPS) is 8.12. The zero-order chi connectivity index (χ0) is 12.8. The fraction of sp³-hybridized carbons (Fsp3) is 0.800. The van der Waals surface area contributed by atoms with Gasteiger partial charge >= 0.3 is 37.7 Å². The van der Waals surface area contributed by atoms with Gasteiger partial charge in [-0.05, 0) is 12.8 Å². The minimum Gasteiger partial charge on any atom is -0.550 e. The summed E-state index contributed by atoms with van der Waals surface area (Å²) in [5.41, 5.74) is 0. The number of carbonyl (C=O) groups excluding carboxylic acids is 2. The van der Waals surface area contributed by atoms with E-state index in [-0.39, 0.29) is 51.0 Å². The number of carbonyl (C=O) groups is 2. The van der Waals surface area contributed by atoms with Crippen molar-refractivity contribution in [2.45, 2.75) is 39.5 Å². The van der Waals surface area contributed by atoms with Crippen LogP contribution in [0.25, 0.3) is 0 Å². The van der Waals surface area contributed by atoms with Crippen molar-refractivity contribution in [2.75, 3.05) is 13.2 Å². The summed E-state index contributed by atoms with van der Waals surface area (Å²) < 4.78 is 8.18. The summed E-state index contributed by atoms with van der Waals surface area (Å²) in [4.78, 5) is 19.1. The molecule has 0 aromatic heterocycles. The van der Waals surface area contributed by atoms with Gasteiger partial charge in [-0.1, -0.05) is 26.7 Å². The molecule has 7 heteroatoms. The molecular formula is C10H18CaO6. The van der Waals surface area contributed by atoms with Gasteiger partial charge in [0.15, 0.2) is 0 Å². The number of ether oxygens (including phenoxy) is 2. The fourth-order valence-electron chi connectivity index (χ4n) is 0.600. The third-order valence-corrected chi connectivity index (χ3v) is 1.44. The maximum absolute atomic E-state index is 9.54. The van der Waals surface area contributed by atoms with E-state index in [1.165, 1.54) is 0 Å². The van der Waals surface area contributed by atoms with Crippen LogP contribution in [-0.4, -0.2) is 63.3 Å². The van der Waals surface area contributed by atoms with Crippen molar-refractivity contribution in [3.05, 3.63) is 0 Å². The Bertz CT molecular complexity index is 166. The summed E-state index contributed by atoms with van der Waals surface area (Å²) in [5.74, 6) is 0. The molecule has 0 saturated heterocycles. The van der Waals surface area contributed by atoms with Crippen LogP contribution in [0, 0.1) is 0 Å². The van der Waals surface area contributed by atoms with Gasteiger partial charge in [-0.2, -0.15) is 0 Å². The second-order valence-electron chi connectivity index (χ2n) is 2.90. The molecule has 17 heavy (non-hydrogen) atoms. The molecule has 0 aliphatic carbocycles. The summed E-state index contributed by atoms with van der Waals surface area (Å²) in [7, 11) is 0. The zero-order valence-electron chi connectivity index (χ0n) is 10.4. The van der Waals surface area contributed by atoms with E-state index in [9.17, 15) is 19.8 Å². The van der Waals surface area contributed by atoms with Gasteiger partial charge in [0.05, 0.1) is 0 Å².